The summed E-state index contributed by atoms with van der Waals surface area (Å²) in [5.74, 6) is -0.215. The van der Waals surface area contributed by atoms with Crippen molar-refractivity contribution >= 4 is 67.0 Å². The van der Waals surface area contributed by atoms with Gasteiger partial charge in [0.2, 0.25) is 0 Å². The molecule has 0 aliphatic rings. The first-order chi connectivity index (χ1) is 17.7. The summed E-state index contributed by atoms with van der Waals surface area (Å²) in [6.07, 6.45) is 0. The highest BCUT2D eigenvalue weighted by atomic mass is 35.5. The minimum atomic E-state index is -4.14. The number of benzene rings is 3. The number of nitrogens with zero attached hydrogens (tertiary/aromatic N) is 1. The Morgan fingerprint density at radius 2 is 1.73 bits per heavy atom. The summed E-state index contributed by atoms with van der Waals surface area (Å²) >= 11 is 13.7. The van der Waals surface area contributed by atoms with Crippen LogP contribution < -0.4 is 14.8 Å². The van der Waals surface area contributed by atoms with Gasteiger partial charge in [-0.1, -0.05) is 41.4 Å². The molecule has 0 amide bonds. The number of carbonyl (C=O) groups excluding carboxylic acids is 1. The second-order valence-corrected chi connectivity index (χ2v) is 10.9. The van der Waals surface area contributed by atoms with E-state index in [1.165, 1.54) is 17.4 Å². The summed E-state index contributed by atoms with van der Waals surface area (Å²) in [7, 11) is -4.14. The summed E-state index contributed by atoms with van der Waals surface area (Å²) in [5, 5.41) is 5.36. The maximum Gasteiger partial charge on any atom is 0.340 e. The van der Waals surface area contributed by atoms with Crippen molar-refractivity contribution < 1.29 is 22.7 Å². The molecule has 0 fully saturated rings. The molecule has 0 saturated heterocycles. The summed E-state index contributed by atoms with van der Waals surface area (Å²) in [5.41, 5.74) is 1.55. The fourth-order valence-electron chi connectivity index (χ4n) is 3.18. The van der Waals surface area contributed by atoms with Crippen LogP contribution in [-0.2, 0) is 21.4 Å². The van der Waals surface area contributed by atoms with E-state index in [1.807, 2.05) is 37.3 Å². The van der Waals surface area contributed by atoms with E-state index in [1.54, 1.807) is 29.6 Å². The zero-order valence-corrected chi connectivity index (χ0v) is 22.5. The average Bonchev–Trinajstić information content (AvgIpc) is 3.31. The quantitative estimate of drug-likeness (QED) is 0.201. The highest BCUT2D eigenvalue weighted by Crippen LogP contribution is 2.31. The molecule has 0 spiro atoms. The van der Waals surface area contributed by atoms with Crippen molar-refractivity contribution in [2.24, 2.45) is 0 Å². The van der Waals surface area contributed by atoms with Crippen LogP contribution in [0.4, 0.5) is 16.5 Å². The fraction of sp³-hybridized carbons (Fsp3) is 0.120. The molecular formula is C25H21Cl2N3O5S2. The van der Waals surface area contributed by atoms with Gasteiger partial charge in [-0.2, -0.15) is 0 Å². The van der Waals surface area contributed by atoms with Gasteiger partial charge in [-0.15, -0.1) is 11.3 Å². The van der Waals surface area contributed by atoms with E-state index in [-0.39, 0.29) is 27.1 Å². The average molecular weight is 578 g/mol. The Hall–Kier alpha value is -3.31. The first-order valence-corrected chi connectivity index (χ1v) is 14.1. The Bertz CT molecular complexity index is 1490. The van der Waals surface area contributed by atoms with Crippen LogP contribution in [0.1, 0.15) is 23.0 Å². The summed E-state index contributed by atoms with van der Waals surface area (Å²) in [6, 6.07) is 18.2. The van der Waals surface area contributed by atoms with E-state index >= 15 is 0 Å². The van der Waals surface area contributed by atoms with Gasteiger partial charge in [0.05, 0.1) is 27.9 Å². The van der Waals surface area contributed by atoms with Gasteiger partial charge in [-0.25, -0.2) is 18.2 Å². The van der Waals surface area contributed by atoms with E-state index < -0.39 is 16.0 Å². The number of anilines is 3. The molecule has 3 aromatic carbocycles. The van der Waals surface area contributed by atoms with Gasteiger partial charge in [0, 0.05) is 16.8 Å². The van der Waals surface area contributed by atoms with Crippen LogP contribution in [0.2, 0.25) is 10.0 Å². The Morgan fingerprint density at radius 1 is 1.00 bits per heavy atom. The maximum atomic E-state index is 13.0. The van der Waals surface area contributed by atoms with Gasteiger partial charge in [-0.05, 0) is 55.5 Å². The zero-order valence-electron chi connectivity index (χ0n) is 19.4. The number of nitrogens with one attached hydrogen (secondary N) is 2. The van der Waals surface area contributed by atoms with Crippen LogP contribution in [-0.4, -0.2) is 26.0 Å². The van der Waals surface area contributed by atoms with Crippen molar-refractivity contribution in [1.29, 1.82) is 0 Å². The number of esters is 1. The first-order valence-electron chi connectivity index (χ1n) is 10.9. The number of sulfonamides is 1. The summed E-state index contributed by atoms with van der Waals surface area (Å²) in [4.78, 5) is 16.8. The second-order valence-electron chi connectivity index (χ2n) is 7.54. The van der Waals surface area contributed by atoms with E-state index in [0.29, 0.717) is 28.9 Å². The standard InChI is InChI=1S/C25H21Cl2N3O5S2/c1-2-34-19-10-8-17(9-11-19)30-37(32,33)23-12-20(21(26)13-22(23)27)24(31)35-14-18-15-36-25(29-18)28-16-6-4-3-5-7-16/h3-13,15,30H,2,14H2,1H3,(H,28,29). The minimum Gasteiger partial charge on any atom is -0.494 e. The molecule has 8 nitrogen and oxygen atoms in total. The number of hydrogen-bond donors (Lipinski definition) is 2. The molecule has 2 N–H and O–H groups in total. The third kappa shape index (κ3) is 6.92. The van der Waals surface area contributed by atoms with Crippen molar-refractivity contribution in [2.75, 3.05) is 16.6 Å². The number of rotatable bonds is 10. The number of hydrogen-bond acceptors (Lipinski definition) is 8. The maximum absolute atomic E-state index is 13.0. The third-order valence-electron chi connectivity index (χ3n) is 4.88. The monoisotopic (exact) mass is 577 g/mol. The molecule has 12 heteroatoms. The molecular weight excluding hydrogens is 557 g/mol. The van der Waals surface area contributed by atoms with Crippen LogP contribution in [0, 0.1) is 0 Å². The van der Waals surface area contributed by atoms with Crippen LogP contribution in [0.5, 0.6) is 5.75 Å². The first kappa shape index (κ1) is 26.7. The summed E-state index contributed by atoms with van der Waals surface area (Å²) in [6.45, 7) is 2.20. The lowest BCUT2D eigenvalue weighted by atomic mass is 10.2. The number of aromatic nitrogens is 1. The lowest BCUT2D eigenvalue weighted by molar-refractivity contribution is 0.0468. The van der Waals surface area contributed by atoms with Crippen molar-refractivity contribution in [2.45, 2.75) is 18.4 Å². The van der Waals surface area contributed by atoms with Crippen LogP contribution >= 0.6 is 34.5 Å². The molecule has 1 heterocycles. The molecule has 37 heavy (non-hydrogen) atoms. The van der Waals surface area contributed by atoms with Gasteiger partial charge in [0.25, 0.3) is 10.0 Å². The van der Waals surface area contributed by atoms with Crippen molar-refractivity contribution in [3.8, 4) is 5.75 Å². The molecule has 0 atom stereocenters. The number of thiazole rings is 1. The Morgan fingerprint density at radius 3 is 2.43 bits per heavy atom. The van der Waals surface area contributed by atoms with Crippen molar-refractivity contribution in [3.63, 3.8) is 0 Å². The molecule has 192 valence electrons. The van der Waals surface area contributed by atoms with Crippen molar-refractivity contribution in [1.82, 2.24) is 4.98 Å². The Labute approximate surface area is 228 Å². The van der Waals surface area contributed by atoms with E-state index in [9.17, 15) is 13.2 Å². The van der Waals surface area contributed by atoms with Gasteiger partial charge in [0.1, 0.15) is 17.3 Å². The third-order valence-corrected chi connectivity index (χ3v) is 7.84. The van der Waals surface area contributed by atoms with Gasteiger partial charge >= 0.3 is 5.97 Å². The number of ether oxygens (including phenoxy) is 2. The van der Waals surface area contributed by atoms with Crippen LogP contribution in [0.3, 0.4) is 0 Å². The largest absolute Gasteiger partial charge is 0.494 e. The predicted molar refractivity (Wildman–Crippen MR) is 146 cm³/mol. The fourth-order valence-corrected chi connectivity index (χ4v) is 5.81. The SMILES string of the molecule is CCOc1ccc(NS(=O)(=O)c2cc(C(=O)OCc3csc(Nc4ccccc4)n3)c(Cl)cc2Cl)cc1. The topological polar surface area (TPSA) is 107 Å². The molecule has 0 aliphatic carbocycles. The Balaban J connectivity index is 1.46. The normalized spacial score (nSPS) is 11.1. The number of carbonyl (C=O) groups is 1. The van der Waals surface area contributed by atoms with Gasteiger partial charge in [0.15, 0.2) is 5.13 Å². The van der Waals surface area contributed by atoms with Crippen molar-refractivity contribution in [3.05, 3.63) is 93.4 Å². The lowest BCUT2D eigenvalue weighted by Gasteiger charge is -2.13. The van der Waals surface area contributed by atoms with Crippen LogP contribution in [0.25, 0.3) is 0 Å². The highest BCUT2D eigenvalue weighted by molar-refractivity contribution is 7.92. The smallest absolute Gasteiger partial charge is 0.340 e. The lowest BCUT2D eigenvalue weighted by Crippen LogP contribution is -2.15. The molecule has 0 unspecified atom stereocenters. The second kappa shape index (κ2) is 11.8. The molecule has 0 radical (unpaired) electrons. The number of halogens is 2. The minimum absolute atomic E-state index is 0.0419. The highest BCUT2D eigenvalue weighted by Gasteiger charge is 2.24. The molecule has 0 aliphatic heterocycles. The van der Waals surface area contributed by atoms with Gasteiger partial charge < -0.3 is 14.8 Å². The Kier molecular flexibility index (Phi) is 8.55. The van der Waals surface area contributed by atoms with Crippen LogP contribution in [0.15, 0.2) is 77.0 Å². The zero-order chi connectivity index (χ0) is 26.4. The van der Waals surface area contributed by atoms with Gasteiger partial charge in [-0.3, -0.25) is 4.72 Å². The molecule has 4 rings (SSSR count). The number of para-hydroxylation sites is 1. The van der Waals surface area contributed by atoms with E-state index in [2.05, 4.69) is 15.0 Å². The molecule has 4 aromatic rings. The molecule has 0 bridgehead atoms. The molecule has 1 aromatic heterocycles. The van der Waals surface area contributed by atoms with E-state index in [0.717, 1.165) is 11.8 Å². The predicted octanol–water partition coefficient (Wildman–Crippen LogP) is 6.75. The molecule has 0 saturated carbocycles. The summed E-state index contributed by atoms with van der Waals surface area (Å²) < 4.78 is 39.2. The van der Waals surface area contributed by atoms with E-state index in [4.69, 9.17) is 32.7 Å².